The number of benzene rings is 2. The van der Waals surface area contributed by atoms with Gasteiger partial charge < -0.3 is 10.1 Å². The Kier molecular flexibility index (Phi) is 6.43. The number of nitrogens with one attached hydrogen (secondary N) is 1. The van der Waals surface area contributed by atoms with Gasteiger partial charge in [-0.05, 0) is 43.7 Å². The lowest BCUT2D eigenvalue weighted by Crippen LogP contribution is -2.35. The quantitative estimate of drug-likeness (QED) is 0.803. The van der Waals surface area contributed by atoms with Gasteiger partial charge in [-0.25, -0.2) is 0 Å². The fraction of sp³-hybridized carbons (Fsp3) is 0.333. The van der Waals surface area contributed by atoms with Crippen LogP contribution in [0.25, 0.3) is 0 Å². The Morgan fingerprint density at radius 2 is 1.86 bits per heavy atom. The van der Waals surface area contributed by atoms with Gasteiger partial charge in [0, 0.05) is 17.1 Å². The highest BCUT2D eigenvalue weighted by Gasteiger charge is 2.22. The molecule has 0 saturated carbocycles. The summed E-state index contributed by atoms with van der Waals surface area (Å²) >= 11 is 3.54. The van der Waals surface area contributed by atoms with E-state index < -0.39 is 0 Å². The number of rotatable bonds is 7. The molecular weight excluding hydrogens is 326 g/mol. The molecule has 2 nitrogen and oxygen atoms in total. The van der Waals surface area contributed by atoms with Crippen molar-refractivity contribution < 1.29 is 4.74 Å². The van der Waals surface area contributed by atoms with Crippen LogP contribution in [-0.2, 0) is 11.2 Å². The first-order chi connectivity index (χ1) is 10.2. The molecule has 0 aliphatic rings. The summed E-state index contributed by atoms with van der Waals surface area (Å²) in [6.07, 6.45) is 0.982. The molecule has 0 aromatic heterocycles. The number of halogens is 1. The van der Waals surface area contributed by atoms with Gasteiger partial charge in [-0.15, -0.1) is 0 Å². The van der Waals surface area contributed by atoms with E-state index in [1.54, 1.807) is 0 Å². The fourth-order valence-electron chi connectivity index (χ4n) is 2.55. The molecule has 21 heavy (non-hydrogen) atoms. The average molecular weight is 348 g/mol. The third-order valence-corrected chi connectivity index (χ3v) is 4.05. The van der Waals surface area contributed by atoms with Crippen molar-refractivity contribution in [2.45, 2.75) is 25.5 Å². The van der Waals surface area contributed by atoms with E-state index in [4.69, 9.17) is 4.74 Å². The van der Waals surface area contributed by atoms with Gasteiger partial charge in [0.05, 0.1) is 6.10 Å². The zero-order valence-electron chi connectivity index (χ0n) is 12.6. The van der Waals surface area contributed by atoms with E-state index in [9.17, 15) is 0 Å². The molecule has 2 aromatic carbocycles. The third-order valence-electron chi connectivity index (χ3n) is 3.56. The molecule has 1 N–H and O–H groups in total. The molecule has 0 bridgehead atoms. The number of hydrogen-bond acceptors (Lipinski definition) is 2. The molecule has 0 aliphatic carbocycles. The second kappa shape index (κ2) is 8.32. The molecule has 3 heteroatoms. The molecular formula is C18H22BrNO. The third kappa shape index (κ3) is 4.67. The minimum absolute atomic E-state index is 0.0557. The maximum absolute atomic E-state index is 6.01. The van der Waals surface area contributed by atoms with Crippen LogP contribution in [0.2, 0.25) is 0 Å². The molecule has 2 rings (SSSR count). The second-order valence-electron chi connectivity index (χ2n) is 5.02. The van der Waals surface area contributed by atoms with Crippen LogP contribution < -0.4 is 5.32 Å². The summed E-state index contributed by atoms with van der Waals surface area (Å²) in [6, 6.07) is 19.1. The first kappa shape index (κ1) is 16.2. The Hall–Kier alpha value is -1.16. The Balaban J connectivity index is 2.20. The summed E-state index contributed by atoms with van der Waals surface area (Å²) in [5, 5.41) is 3.41. The average Bonchev–Trinajstić information content (AvgIpc) is 2.51. The summed E-state index contributed by atoms with van der Waals surface area (Å²) in [7, 11) is 2.00. The van der Waals surface area contributed by atoms with Gasteiger partial charge in [-0.1, -0.05) is 58.4 Å². The van der Waals surface area contributed by atoms with Gasteiger partial charge in [-0.3, -0.25) is 0 Å². The topological polar surface area (TPSA) is 21.3 Å². The van der Waals surface area contributed by atoms with Crippen molar-refractivity contribution in [1.29, 1.82) is 0 Å². The van der Waals surface area contributed by atoms with E-state index in [2.05, 4.69) is 69.8 Å². The van der Waals surface area contributed by atoms with Crippen LogP contribution >= 0.6 is 15.9 Å². The molecule has 2 atom stereocenters. The summed E-state index contributed by atoms with van der Waals surface area (Å²) in [5.74, 6) is 0. The van der Waals surface area contributed by atoms with Crippen LogP contribution in [0, 0.1) is 0 Å². The van der Waals surface area contributed by atoms with Crippen molar-refractivity contribution in [3.8, 4) is 0 Å². The van der Waals surface area contributed by atoms with Crippen molar-refractivity contribution in [2.75, 3.05) is 13.7 Å². The fourth-order valence-corrected chi connectivity index (χ4v) is 2.99. The predicted octanol–water partition coefficient (Wildman–Crippen LogP) is 4.36. The number of hydrogen-bond donors (Lipinski definition) is 1. The number of ether oxygens (including phenoxy) is 1. The highest BCUT2D eigenvalue weighted by atomic mass is 79.9. The summed E-state index contributed by atoms with van der Waals surface area (Å²) in [4.78, 5) is 0. The van der Waals surface area contributed by atoms with Crippen LogP contribution in [0.4, 0.5) is 0 Å². The van der Waals surface area contributed by atoms with Gasteiger partial charge in [-0.2, -0.15) is 0 Å². The monoisotopic (exact) mass is 347 g/mol. The zero-order valence-corrected chi connectivity index (χ0v) is 14.1. The maximum Gasteiger partial charge on any atom is 0.0980 e. The number of likely N-dealkylation sites (N-methyl/N-ethyl adjacent to an activating group) is 1. The van der Waals surface area contributed by atoms with Gasteiger partial charge >= 0.3 is 0 Å². The first-order valence-electron chi connectivity index (χ1n) is 7.33. The zero-order chi connectivity index (χ0) is 15.1. The summed E-state index contributed by atoms with van der Waals surface area (Å²) < 4.78 is 7.12. The van der Waals surface area contributed by atoms with E-state index in [1.165, 1.54) is 11.1 Å². The Bertz CT molecular complexity index is 544. The molecule has 0 saturated heterocycles. The molecule has 112 valence electrons. The van der Waals surface area contributed by atoms with Crippen molar-refractivity contribution in [1.82, 2.24) is 5.32 Å². The highest BCUT2D eigenvalue weighted by Crippen LogP contribution is 2.24. The molecule has 0 spiro atoms. The second-order valence-corrected chi connectivity index (χ2v) is 5.93. The lowest BCUT2D eigenvalue weighted by molar-refractivity contribution is 0.0352. The van der Waals surface area contributed by atoms with E-state index in [1.807, 2.05) is 20.0 Å². The summed E-state index contributed by atoms with van der Waals surface area (Å²) in [6.45, 7) is 2.75. The van der Waals surface area contributed by atoms with Gasteiger partial charge in [0.15, 0.2) is 0 Å². The molecule has 2 unspecified atom stereocenters. The first-order valence-corrected chi connectivity index (χ1v) is 8.12. The van der Waals surface area contributed by atoms with Crippen LogP contribution in [0.5, 0.6) is 0 Å². The lowest BCUT2D eigenvalue weighted by atomic mass is 9.96. The van der Waals surface area contributed by atoms with Gasteiger partial charge in [0.25, 0.3) is 0 Å². The van der Waals surface area contributed by atoms with Crippen LogP contribution in [-0.4, -0.2) is 19.7 Å². The van der Waals surface area contributed by atoms with Crippen molar-refractivity contribution in [3.05, 3.63) is 70.2 Å². The Labute approximate surface area is 135 Å². The van der Waals surface area contributed by atoms with Crippen molar-refractivity contribution >= 4 is 15.9 Å². The Morgan fingerprint density at radius 1 is 1.10 bits per heavy atom. The highest BCUT2D eigenvalue weighted by molar-refractivity contribution is 9.10. The minimum atomic E-state index is 0.0557. The minimum Gasteiger partial charge on any atom is -0.372 e. The molecule has 0 aliphatic heterocycles. The van der Waals surface area contributed by atoms with Gasteiger partial charge in [0.2, 0.25) is 0 Å². The standard InChI is InChI=1S/C18H22BrNO/c1-3-21-18(15-9-5-4-6-10-15)17(20-2)13-14-8-7-11-16(19)12-14/h4-12,17-18,20H,3,13H2,1-2H3. The van der Waals surface area contributed by atoms with E-state index in [-0.39, 0.29) is 12.1 Å². The predicted molar refractivity (Wildman–Crippen MR) is 91.5 cm³/mol. The smallest absolute Gasteiger partial charge is 0.0980 e. The lowest BCUT2D eigenvalue weighted by Gasteiger charge is -2.27. The normalized spacial score (nSPS) is 13.9. The maximum atomic E-state index is 6.01. The molecule has 0 radical (unpaired) electrons. The van der Waals surface area contributed by atoms with Crippen molar-refractivity contribution in [3.63, 3.8) is 0 Å². The van der Waals surface area contributed by atoms with E-state index in [0.29, 0.717) is 6.61 Å². The largest absolute Gasteiger partial charge is 0.372 e. The van der Waals surface area contributed by atoms with Crippen molar-refractivity contribution in [2.24, 2.45) is 0 Å². The van der Waals surface area contributed by atoms with Crippen LogP contribution in [0.15, 0.2) is 59.1 Å². The Morgan fingerprint density at radius 3 is 2.48 bits per heavy atom. The molecule has 2 aromatic rings. The SMILES string of the molecule is CCOC(c1ccccc1)C(Cc1cccc(Br)c1)NC. The van der Waals surface area contributed by atoms with Crippen LogP contribution in [0.3, 0.4) is 0 Å². The van der Waals surface area contributed by atoms with Gasteiger partial charge in [0.1, 0.15) is 0 Å². The molecule has 0 fully saturated rings. The van der Waals surface area contributed by atoms with E-state index >= 15 is 0 Å². The van der Waals surface area contributed by atoms with E-state index in [0.717, 1.165) is 10.9 Å². The van der Waals surface area contributed by atoms with Crippen LogP contribution in [0.1, 0.15) is 24.2 Å². The molecule has 0 amide bonds. The summed E-state index contributed by atoms with van der Waals surface area (Å²) in [5.41, 5.74) is 2.51. The molecule has 0 heterocycles.